The molecular weight excluding hydrogens is 236 g/mol. The smallest absolute Gasteiger partial charge is 0.163 e. The molecule has 0 heterocycles. The molecular formula is C13H28O5. The van der Waals surface area contributed by atoms with Crippen LogP contribution in [0.5, 0.6) is 0 Å². The summed E-state index contributed by atoms with van der Waals surface area (Å²) in [6, 6.07) is 0. The van der Waals surface area contributed by atoms with E-state index in [9.17, 15) is 4.79 Å². The fraction of sp³-hybridized carbons (Fsp3) is 0.923. The summed E-state index contributed by atoms with van der Waals surface area (Å²) in [7, 11) is 0. The van der Waals surface area contributed by atoms with Crippen LogP contribution in [0, 0.1) is 5.41 Å². The fourth-order valence-corrected chi connectivity index (χ4v) is 0.886. The second-order valence-electron chi connectivity index (χ2n) is 4.67. The first kappa shape index (κ1) is 19.8. The van der Waals surface area contributed by atoms with Crippen molar-refractivity contribution in [1.29, 1.82) is 0 Å². The van der Waals surface area contributed by atoms with Gasteiger partial charge in [0.05, 0.1) is 39.6 Å². The molecule has 0 unspecified atom stereocenters. The van der Waals surface area contributed by atoms with Crippen LogP contribution in [0.4, 0.5) is 0 Å². The van der Waals surface area contributed by atoms with Crippen LogP contribution in [-0.2, 0) is 19.0 Å². The van der Waals surface area contributed by atoms with Gasteiger partial charge in [0.25, 0.3) is 0 Å². The van der Waals surface area contributed by atoms with Crippen molar-refractivity contribution in [1.82, 2.24) is 0 Å². The zero-order chi connectivity index (χ0) is 13.1. The maximum Gasteiger partial charge on any atom is 0.163 e. The molecule has 0 fully saturated rings. The number of hydrogen-bond acceptors (Lipinski definition) is 5. The molecule has 0 amide bonds. The summed E-state index contributed by atoms with van der Waals surface area (Å²) in [5.74, 6) is 0.0868. The standard InChI is InChI=1S/C12H24O5.CH4/c1-12(2,3)11(14)10-17-9-8-16-7-6-15-5-4-13;/h13H,4-10H2,1-3H3;1H4. The van der Waals surface area contributed by atoms with Gasteiger partial charge in [0, 0.05) is 5.41 Å². The first-order valence-electron chi connectivity index (χ1n) is 5.86. The highest BCUT2D eigenvalue weighted by Crippen LogP contribution is 2.14. The van der Waals surface area contributed by atoms with Gasteiger partial charge in [0.1, 0.15) is 6.61 Å². The van der Waals surface area contributed by atoms with E-state index < -0.39 is 0 Å². The second kappa shape index (κ2) is 11.6. The average molecular weight is 264 g/mol. The lowest BCUT2D eigenvalue weighted by Crippen LogP contribution is -2.25. The van der Waals surface area contributed by atoms with E-state index in [0.29, 0.717) is 33.0 Å². The molecule has 0 bridgehead atoms. The fourth-order valence-electron chi connectivity index (χ4n) is 0.886. The highest BCUT2D eigenvalue weighted by Gasteiger charge is 2.20. The predicted molar refractivity (Wildman–Crippen MR) is 70.7 cm³/mol. The van der Waals surface area contributed by atoms with E-state index in [1.165, 1.54) is 0 Å². The average Bonchev–Trinajstić information content (AvgIpc) is 2.25. The summed E-state index contributed by atoms with van der Waals surface area (Å²) >= 11 is 0. The Morgan fingerprint density at radius 2 is 1.39 bits per heavy atom. The Labute approximate surface area is 110 Å². The summed E-state index contributed by atoms with van der Waals surface area (Å²) in [4.78, 5) is 11.5. The van der Waals surface area contributed by atoms with Gasteiger partial charge in [-0.3, -0.25) is 4.79 Å². The van der Waals surface area contributed by atoms with Crippen molar-refractivity contribution in [2.75, 3.05) is 46.2 Å². The lowest BCUT2D eigenvalue weighted by molar-refractivity contribution is -0.131. The molecule has 110 valence electrons. The van der Waals surface area contributed by atoms with Gasteiger partial charge in [-0.2, -0.15) is 0 Å². The lowest BCUT2D eigenvalue weighted by Gasteiger charge is -2.16. The molecule has 0 radical (unpaired) electrons. The van der Waals surface area contributed by atoms with Crippen LogP contribution in [0.3, 0.4) is 0 Å². The lowest BCUT2D eigenvalue weighted by atomic mass is 9.91. The highest BCUT2D eigenvalue weighted by atomic mass is 16.5. The van der Waals surface area contributed by atoms with E-state index in [0.717, 1.165) is 0 Å². The van der Waals surface area contributed by atoms with Crippen molar-refractivity contribution < 1.29 is 24.1 Å². The van der Waals surface area contributed by atoms with Crippen molar-refractivity contribution in [3.05, 3.63) is 0 Å². The molecule has 0 saturated carbocycles. The van der Waals surface area contributed by atoms with Crippen molar-refractivity contribution in [2.24, 2.45) is 5.41 Å². The minimum absolute atomic E-state index is 0. The number of aliphatic hydroxyl groups excluding tert-OH is 1. The molecule has 0 spiro atoms. The third-order valence-electron chi connectivity index (χ3n) is 2.05. The molecule has 0 aromatic carbocycles. The van der Waals surface area contributed by atoms with Crippen molar-refractivity contribution in [3.8, 4) is 0 Å². The largest absolute Gasteiger partial charge is 0.394 e. The Hall–Kier alpha value is -0.490. The van der Waals surface area contributed by atoms with Gasteiger partial charge in [-0.05, 0) is 0 Å². The molecule has 5 nitrogen and oxygen atoms in total. The number of aliphatic hydroxyl groups is 1. The zero-order valence-corrected chi connectivity index (χ0v) is 11.0. The van der Waals surface area contributed by atoms with Crippen LogP contribution in [0.25, 0.3) is 0 Å². The monoisotopic (exact) mass is 264 g/mol. The van der Waals surface area contributed by atoms with Gasteiger partial charge in [0.2, 0.25) is 0 Å². The van der Waals surface area contributed by atoms with E-state index >= 15 is 0 Å². The number of Topliss-reactive ketones (excluding diaryl/α,β-unsaturated/α-hetero) is 1. The third-order valence-corrected chi connectivity index (χ3v) is 2.05. The SMILES string of the molecule is C.CC(C)(C)C(=O)COCCOCCOCCO. The van der Waals surface area contributed by atoms with Crippen LogP contribution in [0.15, 0.2) is 0 Å². The quantitative estimate of drug-likeness (QED) is 0.602. The molecule has 0 saturated heterocycles. The highest BCUT2D eigenvalue weighted by molar-refractivity contribution is 5.84. The van der Waals surface area contributed by atoms with E-state index in [-0.39, 0.29) is 31.8 Å². The molecule has 0 aliphatic carbocycles. The Morgan fingerprint density at radius 1 is 0.944 bits per heavy atom. The minimum Gasteiger partial charge on any atom is -0.394 e. The van der Waals surface area contributed by atoms with E-state index in [2.05, 4.69) is 0 Å². The van der Waals surface area contributed by atoms with Crippen LogP contribution >= 0.6 is 0 Å². The van der Waals surface area contributed by atoms with Crippen molar-refractivity contribution in [2.45, 2.75) is 28.2 Å². The number of ketones is 1. The van der Waals surface area contributed by atoms with Crippen LogP contribution in [0.1, 0.15) is 28.2 Å². The summed E-state index contributed by atoms with van der Waals surface area (Å²) in [6.45, 7) is 7.88. The van der Waals surface area contributed by atoms with E-state index in [1.54, 1.807) is 0 Å². The number of ether oxygens (including phenoxy) is 3. The molecule has 18 heavy (non-hydrogen) atoms. The Balaban J connectivity index is 0. The molecule has 0 aromatic heterocycles. The predicted octanol–water partition coefficient (Wildman–Crippen LogP) is 1.28. The summed E-state index contributed by atoms with van der Waals surface area (Å²) in [6.07, 6.45) is 0. The topological polar surface area (TPSA) is 65.0 Å². The normalized spacial score (nSPS) is 11.1. The minimum atomic E-state index is -0.348. The Kier molecular flexibility index (Phi) is 12.8. The molecule has 0 aliphatic rings. The van der Waals surface area contributed by atoms with Gasteiger partial charge in [-0.1, -0.05) is 28.2 Å². The summed E-state index contributed by atoms with van der Waals surface area (Å²) in [5, 5.41) is 8.44. The Bertz CT molecular complexity index is 198. The number of rotatable bonds is 10. The van der Waals surface area contributed by atoms with Gasteiger partial charge in [-0.15, -0.1) is 0 Å². The van der Waals surface area contributed by atoms with Gasteiger partial charge >= 0.3 is 0 Å². The number of carbonyl (C=O) groups is 1. The van der Waals surface area contributed by atoms with Gasteiger partial charge in [-0.25, -0.2) is 0 Å². The molecule has 0 aliphatic heterocycles. The molecule has 0 atom stereocenters. The first-order valence-corrected chi connectivity index (χ1v) is 5.86. The van der Waals surface area contributed by atoms with E-state index in [1.807, 2.05) is 20.8 Å². The molecule has 0 rings (SSSR count). The maximum atomic E-state index is 11.5. The maximum absolute atomic E-state index is 11.5. The first-order chi connectivity index (χ1) is 7.98. The second-order valence-corrected chi connectivity index (χ2v) is 4.67. The zero-order valence-electron chi connectivity index (χ0n) is 11.0. The van der Waals surface area contributed by atoms with Crippen molar-refractivity contribution in [3.63, 3.8) is 0 Å². The summed E-state index contributed by atoms with van der Waals surface area (Å²) in [5.41, 5.74) is -0.348. The Morgan fingerprint density at radius 3 is 1.83 bits per heavy atom. The molecule has 0 aromatic rings. The summed E-state index contributed by atoms with van der Waals surface area (Å²) < 4.78 is 15.4. The van der Waals surface area contributed by atoms with Crippen molar-refractivity contribution >= 4 is 5.78 Å². The molecule has 5 heteroatoms. The van der Waals surface area contributed by atoms with E-state index in [4.69, 9.17) is 19.3 Å². The van der Waals surface area contributed by atoms with Gasteiger partial charge in [0.15, 0.2) is 5.78 Å². The van der Waals surface area contributed by atoms with Crippen LogP contribution in [-0.4, -0.2) is 57.1 Å². The molecule has 1 N–H and O–H groups in total. The third kappa shape index (κ3) is 12.0. The van der Waals surface area contributed by atoms with Crippen LogP contribution in [0.2, 0.25) is 0 Å². The van der Waals surface area contributed by atoms with Gasteiger partial charge < -0.3 is 19.3 Å². The van der Waals surface area contributed by atoms with Crippen LogP contribution < -0.4 is 0 Å². The number of carbonyl (C=O) groups excluding carboxylic acids is 1. The number of hydrogen-bond donors (Lipinski definition) is 1.